The van der Waals surface area contributed by atoms with Crippen molar-refractivity contribution in [2.24, 2.45) is 0 Å². The molecule has 0 aliphatic carbocycles. The molecule has 2 rings (SSSR count). The second kappa shape index (κ2) is 5.67. The van der Waals surface area contributed by atoms with Crippen molar-refractivity contribution in [3.8, 4) is 0 Å². The molecule has 11 heteroatoms. The van der Waals surface area contributed by atoms with Crippen LogP contribution in [0.5, 0.6) is 0 Å². The Hall–Kier alpha value is -2.14. The molecule has 3 N–H and O–H groups in total. The van der Waals surface area contributed by atoms with Crippen molar-refractivity contribution in [2.45, 2.75) is 18.4 Å². The summed E-state index contributed by atoms with van der Waals surface area (Å²) in [5, 5.41) is 15.7. The van der Waals surface area contributed by atoms with Crippen molar-refractivity contribution in [2.75, 3.05) is 11.9 Å². The van der Waals surface area contributed by atoms with E-state index in [4.69, 9.17) is 0 Å². The van der Waals surface area contributed by atoms with Crippen LogP contribution in [-0.4, -0.2) is 45.6 Å². The van der Waals surface area contributed by atoms with Gasteiger partial charge in [0.25, 0.3) is 0 Å². The minimum absolute atomic E-state index is 0.0300. The first-order valence-corrected chi connectivity index (χ1v) is 6.88. The Balaban J connectivity index is 2.06. The van der Waals surface area contributed by atoms with Gasteiger partial charge in [0.1, 0.15) is 4.90 Å². The standard InChI is InChI=1S/C8H12N8O2S/c1-2-9-8-10-3-6(4-11-8)19(17,18)12-5-7-13-15-16-14-7/h3-4,12H,2,5H2,1H3,(H,9,10,11)(H,13,14,15,16). The van der Waals surface area contributed by atoms with E-state index in [-0.39, 0.29) is 17.3 Å². The largest absolute Gasteiger partial charge is 0.355 e. The number of nitrogens with one attached hydrogen (secondary N) is 3. The molecule has 0 bridgehead atoms. The molecule has 19 heavy (non-hydrogen) atoms. The average molecular weight is 284 g/mol. The van der Waals surface area contributed by atoms with Crippen LogP contribution in [0.3, 0.4) is 0 Å². The van der Waals surface area contributed by atoms with Gasteiger partial charge in [-0.05, 0) is 6.92 Å². The molecule has 0 atom stereocenters. The van der Waals surface area contributed by atoms with Crippen LogP contribution < -0.4 is 10.0 Å². The van der Waals surface area contributed by atoms with Gasteiger partial charge in [-0.1, -0.05) is 5.21 Å². The Morgan fingerprint density at radius 1 is 1.32 bits per heavy atom. The third-order valence-electron chi connectivity index (χ3n) is 2.08. The van der Waals surface area contributed by atoms with Crippen molar-refractivity contribution in [1.29, 1.82) is 0 Å². The maximum atomic E-state index is 11.9. The monoisotopic (exact) mass is 284 g/mol. The molecule has 0 saturated carbocycles. The summed E-state index contributed by atoms with van der Waals surface area (Å²) in [4.78, 5) is 7.75. The fourth-order valence-corrected chi connectivity index (χ4v) is 2.07. The van der Waals surface area contributed by atoms with Crippen molar-refractivity contribution in [3.05, 3.63) is 18.2 Å². The third kappa shape index (κ3) is 3.42. The molecule has 0 amide bonds. The lowest BCUT2D eigenvalue weighted by atomic mass is 10.6. The molecule has 2 heterocycles. The molecular weight excluding hydrogens is 272 g/mol. The van der Waals surface area contributed by atoms with Gasteiger partial charge in [0.2, 0.25) is 16.0 Å². The average Bonchev–Trinajstić information content (AvgIpc) is 2.91. The molecular formula is C8H12N8O2S. The fraction of sp³-hybridized carbons (Fsp3) is 0.375. The highest BCUT2D eigenvalue weighted by Gasteiger charge is 2.15. The zero-order valence-corrected chi connectivity index (χ0v) is 10.8. The van der Waals surface area contributed by atoms with Gasteiger partial charge < -0.3 is 5.32 Å². The Kier molecular flexibility index (Phi) is 3.97. The number of nitrogens with zero attached hydrogens (tertiary/aromatic N) is 5. The van der Waals surface area contributed by atoms with Crippen LogP contribution in [-0.2, 0) is 16.6 Å². The SMILES string of the molecule is CCNc1ncc(S(=O)(=O)NCc2nn[nH]n2)cn1. The van der Waals surface area contributed by atoms with Gasteiger partial charge >= 0.3 is 0 Å². The minimum atomic E-state index is -3.69. The van der Waals surface area contributed by atoms with Crippen molar-refractivity contribution in [3.63, 3.8) is 0 Å². The van der Waals surface area contributed by atoms with Crippen LogP contribution in [0.4, 0.5) is 5.95 Å². The number of tetrazole rings is 1. The highest BCUT2D eigenvalue weighted by atomic mass is 32.2. The number of sulfonamides is 1. The summed E-state index contributed by atoms with van der Waals surface area (Å²) in [5.74, 6) is 0.619. The van der Waals surface area contributed by atoms with E-state index in [1.807, 2.05) is 6.92 Å². The number of hydrogen-bond donors (Lipinski definition) is 3. The van der Waals surface area contributed by atoms with Crippen LogP contribution in [0.2, 0.25) is 0 Å². The summed E-state index contributed by atoms with van der Waals surface area (Å²) in [6.45, 7) is 2.48. The highest BCUT2D eigenvalue weighted by Crippen LogP contribution is 2.07. The summed E-state index contributed by atoms with van der Waals surface area (Å²) in [7, 11) is -3.69. The first-order valence-electron chi connectivity index (χ1n) is 5.39. The van der Waals surface area contributed by atoms with Crippen molar-refractivity contribution in [1.82, 2.24) is 35.3 Å². The third-order valence-corrected chi connectivity index (χ3v) is 3.44. The fourth-order valence-electron chi connectivity index (χ4n) is 1.20. The summed E-state index contributed by atoms with van der Waals surface area (Å²) in [5.41, 5.74) is 0. The molecule has 0 fully saturated rings. The molecule has 0 aliphatic heterocycles. The number of anilines is 1. The van der Waals surface area contributed by atoms with Gasteiger partial charge in [0, 0.05) is 6.54 Å². The Labute approximate surface area is 109 Å². The molecule has 0 spiro atoms. The summed E-state index contributed by atoms with van der Waals surface area (Å²) in [6.07, 6.45) is 2.45. The van der Waals surface area contributed by atoms with E-state index in [0.717, 1.165) is 0 Å². The van der Waals surface area contributed by atoms with Crippen LogP contribution >= 0.6 is 0 Å². The predicted octanol–water partition coefficient (Wildman–Crippen LogP) is -1.10. The quantitative estimate of drug-likeness (QED) is 0.607. The first kappa shape index (κ1) is 13.3. The number of hydrogen-bond acceptors (Lipinski definition) is 8. The van der Waals surface area contributed by atoms with E-state index in [1.165, 1.54) is 12.4 Å². The van der Waals surface area contributed by atoms with Gasteiger partial charge in [0.05, 0.1) is 18.9 Å². The lowest BCUT2D eigenvalue weighted by Gasteiger charge is -2.05. The van der Waals surface area contributed by atoms with E-state index in [9.17, 15) is 8.42 Å². The number of aromatic amines is 1. The minimum Gasteiger partial charge on any atom is -0.355 e. The Morgan fingerprint density at radius 3 is 2.63 bits per heavy atom. The molecule has 0 unspecified atom stereocenters. The maximum Gasteiger partial charge on any atom is 0.244 e. The normalized spacial score (nSPS) is 11.4. The summed E-state index contributed by atoms with van der Waals surface area (Å²) < 4.78 is 26.1. The number of H-pyrrole nitrogens is 1. The summed E-state index contributed by atoms with van der Waals surface area (Å²) in [6, 6.07) is 0. The second-order valence-electron chi connectivity index (χ2n) is 3.43. The zero-order valence-electron chi connectivity index (χ0n) is 10.0. The molecule has 0 radical (unpaired) electrons. The van der Waals surface area contributed by atoms with Gasteiger partial charge in [-0.3, -0.25) is 0 Å². The van der Waals surface area contributed by atoms with Crippen LogP contribution in [0.25, 0.3) is 0 Å². The van der Waals surface area contributed by atoms with Crippen molar-refractivity contribution >= 4 is 16.0 Å². The van der Waals surface area contributed by atoms with Crippen molar-refractivity contribution < 1.29 is 8.42 Å². The maximum absolute atomic E-state index is 11.9. The molecule has 2 aromatic heterocycles. The number of aromatic nitrogens is 6. The van der Waals surface area contributed by atoms with Crippen LogP contribution in [0.1, 0.15) is 12.7 Å². The molecule has 0 aliphatic rings. The second-order valence-corrected chi connectivity index (χ2v) is 5.19. The molecule has 102 valence electrons. The van der Waals surface area contributed by atoms with E-state index in [2.05, 4.69) is 40.6 Å². The van der Waals surface area contributed by atoms with E-state index in [0.29, 0.717) is 12.5 Å². The molecule has 10 nitrogen and oxygen atoms in total. The molecule has 0 aromatic carbocycles. The Bertz CT molecular complexity index is 609. The lowest BCUT2D eigenvalue weighted by Crippen LogP contribution is -2.24. The first-order chi connectivity index (χ1) is 9.12. The van der Waals surface area contributed by atoms with Crippen LogP contribution in [0, 0.1) is 0 Å². The molecule has 2 aromatic rings. The van der Waals surface area contributed by atoms with Gasteiger partial charge in [-0.15, -0.1) is 10.2 Å². The lowest BCUT2D eigenvalue weighted by molar-refractivity contribution is 0.578. The highest BCUT2D eigenvalue weighted by molar-refractivity contribution is 7.89. The topological polar surface area (TPSA) is 138 Å². The van der Waals surface area contributed by atoms with E-state index >= 15 is 0 Å². The van der Waals surface area contributed by atoms with Gasteiger partial charge in [-0.2, -0.15) is 5.21 Å². The van der Waals surface area contributed by atoms with Gasteiger partial charge in [-0.25, -0.2) is 23.1 Å². The van der Waals surface area contributed by atoms with E-state index in [1.54, 1.807) is 0 Å². The van der Waals surface area contributed by atoms with Crippen LogP contribution in [0.15, 0.2) is 17.3 Å². The number of rotatable bonds is 6. The van der Waals surface area contributed by atoms with E-state index < -0.39 is 10.0 Å². The predicted molar refractivity (Wildman–Crippen MR) is 64.4 cm³/mol. The Morgan fingerprint density at radius 2 is 2.05 bits per heavy atom. The molecule has 0 saturated heterocycles. The smallest absolute Gasteiger partial charge is 0.244 e. The summed E-state index contributed by atoms with van der Waals surface area (Å²) >= 11 is 0. The zero-order chi connectivity index (χ0) is 13.7. The van der Waals surface area contributed by atoms with Gasteiger partial charge in [0.15, 0.2) is 5.82 Å².